The number of rotatable bonds is 8. The van der Waals surface area contributed by atoms with Crippen LogP contribution in [-0.4, -0.2) is 17.5 Å². The molecule has 30 heavy (non-hydrogen) atoms. The molecule has 2 aliphatic rings. The number of aryl methyl sites for hydroxylation is 2. The summed E-state index contributed by atoms with van der Waals surface area (Å²) in [7, 11) is 0. The Bertz CT molecular complexity index is 949. The van der Waals surface area contributed by atoms with E-state index in [-0.39, 0.29) is 11.7 Å². The number of aliphatic imine (C=N–C) groups is 1. The molecule has 0 radical (unpaired) electrons. The van der Waals surface area contributed by atoms with Crippen LogP contribution in [0.2, 0.25) is 0 Å². The van der Waals surface area contributed by atoms with Crippen molar-refractivity contribution in [1.82, 2.24) is 5.32 Å². The Kier molecular flexibility index (Phi) is 7.09. The number of benzene rings is 1. The van der Waals surface area contributed by atoms with Crippen LogP contribution in [0.25, 0.3) is 0 Å². The molecule has 160 valence electrons. The summed E-state index contributed by atoms with van der Waals surface area (Å²) in [5, 5.41) is 3.61. The first-order valence-corrected chi connectivity index (χ1v) is 11.2. The number of Topliss-reactive ketones (excluding diaryl/α,β-unsaturated/α-hetero) is 1. The van der Waals surface area contributed by atoms with Crippen LogP contribution < -0.4 is 11.1 Å². The van der Waals surface area contributed by atoms with Crippen molar-refractivity contribution < 1.29 is 4.79 Å². The van der Waals surface area contributed by atoms with Crippen molar-refractivity contribution in [3.05, 3.63) is 69.6 Å². The van der Waals surface area contributed by atoms with E-state index in [2.05, 4.69) is 64.2 Å². The van der Waals surface area contributed by atoms with Crippen LogP contribution in [0.4, 0.5) is 0 Å². The maximum absolute atomic E-state index is 13.1. The van der Waals surface area contributed by atoms with Crippen molar-refractivity contribution in [3.8, 4) is 0 Å². The maximum atomic E-state index is 13.1. The van der Waals surface area contributed by atoms with Gasteiger partial charge in [0.2, 0.25) is 0 Å². The second kappa shape index (κ2) is 9.57. The summed E-state index contributed by atoms with van der Waals surface area (Å²) in [4.78, 5) is 17.9. The number of fused-ring (bicyclic) bond motifs is 2. The van der Waals surface area contributed by atoms with E-state index >= 15 is 0 Å². The van der Waals surface area contributed by atoms with Crippen molar-refractivity contribution in [3.63, 3.8) is 0 Å². The summed E-state index contributed by atoms with van der Waals surface area (Å²) < 4.78 is 0. The summed E-state index contributed by atoms with van der Waals surface area (Å²) in [6, 6.07) is 6.01. The number of nitrogens with one attached hydrogen (secondary N) is 1. The number of ketones is 1. The lowest BCUT2D eigenvalue weighted by Gasteiger charge is -2.23. The van der Waals surface area contributed by atoms with Gasteiger partial charge in [-0.15, -0.1) is 0 Å². The molecule has 1 aromatic rings. The topological polar surface area (TPSA) is 67.5 Å². The van der Waals surface area contributed by atoms with E-state index in [1.165, 1.54) is 22.3 Å². The summed E-state index contributed by atoms with van der Waals surface area (Å²) in [6.07, 6.45) is 7.50. The molecule has 1 aliphatic carbocycles. The molecule has 0 saturated heterocycles. The third kappa shape index (κ3) is 4.65. The standard InChI is InChI=1S/C26H35N3O/c1-6-9-23(27)26(30)21-12-20-13-25(29-18(5)17(20)4)24(14-21)28-15-22-16(3)10-8-11-19(22)7-2/h8,10-12,14,20,23,28H,6-7,9,13,15,27H2,1-5H3. The average Bonchev–Trinajstić information content (AvgIpc) is 2.88. The van der Waals surface area contributed by atoms with Crippen molar-refractivity contribution >= 4 is 11.5 Å². The first-order chi connectivity index (χ1) is 14.3. The highest BCUT2D eigenvalue weighted by molar-refractivity contribution is 6.08. The van der Waals surface area contributed by atoms with Crippen LogP contribution in [0.15, 0.2) is 57.9 Å². The molecule has 3 rings (SSSR count). The van der Waals surface area contributed by atoms with Gasteiger partial charge in [-0.05, 0) is 62.0 Å². The number of allylic oxidation sites excluding steroid dienone is 5. The maximum Gasteiger partial charge on any atom is 0.179 e. The van der Waals surface area contributed by atoms with Gasteiger partial charge < -0.3 is 11.1 Å². The third-order valence-corrected chi connectivity index (χ3v) is 6.40. The SMILES string of the molecule is CCCC(N)C(=O)C1=CC2CC(=NC(C)=C2C)C(NCc2c(C)cccc2CC)=C1. The quantitative estimate of drug-likeness (QED) is 0.645. The number of carbonyl (C=O) groups is 1. The zero-order chi connectivity index (χ0) is 21.8. The molecule has 1 aromatic carbocycles. The molecule has 2 bridgehead atoms. The molecule has 4 heteroatoms. The smallest absolute Gasteiger partial charge is 0.179 e. The van der Waals surface area contributed by atoms with E-state index in [1.807, 2.05) is 6.08 Å². The second-order valence-corrected chi connectivity index (χ2v) is 8.50. The Labute approximate surface area is 181 Å². The molecule has 0 spiro atoms. The molecule has 0 aromatic heterocycles. The summed E-state index contributed by atoms with van der Waals surface area (Å²) >= 11 is 0. The molecule has 4 nitrogen and oxygen atoms in total. The Hall–Kier alpha value is -2.46. The van der Waals surface area contributed by atoms with Crippen molar-refractivity contribution in [2.45, 2.75) is 72.9 Å². The fourth-order valence-electron chi connectivity index (χ4n) is 4.32. The largest absolute Gasteiger partial charge is 0.379 e. The highest BCUT2D eigenvalue weighted by Gasteiger charge is 2.28. The van der Waals surface area contributed by atoms with E-state index in [4.69, 9.17) is 10.7 Å². The first-order valence-electron chi connectivity index (χ1n) is 11.2. The van der Waals surface area contributed by atoms with Crippen molar-refractivity contribution in [1.29, 1.82) is 0 Å². The third-order valence-electron chi connectivity index (χ3n) is 6.40. The van der Waals surface area contributed by atoms with Gasteiger partial charge in [0.25, 0.3) is 0 Å². The van der Waals surface area contributed by atoms with Gasteiger partial charge in [-0.25, -0.2) is 0 Å². The molecule has 0 amide bonds. The van der Waals surface area contributed by atoms with E-state index in [0.717, 1.165) is 42.9 Å². The zero-order valence-corrected chi connectivity index (χ0v) is 19.0. The Morgan fingerprint density at radius 2 is 2.03 bits per heavy atom. The highest BCUT2D eigenvalue weighted by atomic mass is 16.1. The fourth-order valence-corrected chi connectivity index (χ4v) is 4.32. The minimum absolute atomic E-state index is 0.0277. The van der Waals surface area contributed by atoms with Gasteiger partial charge in [0, 0.05) is 30.2 Å². The molecule has 1 aliphatic heterocycles. The van der Waals surface area contributed by atoms with Crippen LogP contribution in [0.3, 0.4) is 0 Å². The highest BCUT2D eigenvalue weighted by Crippen LogP contribution is 2.32. The molecule has 0 saturated carbocycles. The normalized spacial score (nSPS) is 19.5. The van der Waals surface area contributed by atoms with Gasteiger partial charge in [-0.2, -0.15) is 0 Å². The lowest BCUT2D eigenvalue weighted by atomic mass is 9.89. The number of hydrogen-bond acceptors (Lipinski definition) is 4. The van der Waals surface area contributed by atoms with Crippen molar-refractivity contribution in [2.24, 2.45) is 16.6 Å². The van der Waals surface area contributed by atoms with E-state index in [0.29, 0.717) is 12.0 Å². The molecule has 2 atom stereocenters. The molecule has 1 heterocycles. The van der Waals surface area contributed by atoms with Gasteiger partial charge in [0.1, 0.15) is 0 Å². The predicted molar refractivity (Wildman–Crippen MR) is 125 cm³/mol. The zero-order valence-electron chi connectivity index (χ0n) is 19.0. The first kappa shape index (κ1) is 22.2. The second-order valence-electron chi connectivity index (χ2n) is 8.50. The molecule has 0 fully saturated rings. The van der Waals surface area contributed by atoms with Gasteiger partial charge in [-0.3, -0.25) is 9.79 Å². The average molecular weight is 406 g/mol. The lowest BCUT2D eigenvalue weighted by Crippen LogP contribution is -2.31. The van der Waals surface area contributed by atoms with Crippen LogP contribution in [-0.2, 0) is 17.8 Å². The monoisotopic (exact) mass is 405 g/mol. The van der Waals surface area contributed by atoms with Gasteiger partial charge in [0.15, 0.2) is 5.78 Å². The van der Waals surface area contributed by atoms with Crippen LogP contribution in [0, 0.1) is 12.8 Å². The Balaban J connectivity index is 1.96. The molecular weight excluding hydrogens is 370 g/mol. The minimum Gasteiger partial charge on any atom is -0.379 e. The molecule has 3 N–H and O–H groups in total. The van der Waals surface area contributed by atoms with E-state index < -0.39 is 6.04 Å². The van der Waals surface area contributed by atoms with Crippen LogP contribution in [0.5, 0.6) is 0 Å². The van der Waals surface area contributed by atoms with Crippen molar-refractivity contribution in [2.75, 3.05) is 0 Å². The summed E-state index contributed by atoms with van der Waals surface area (Å²) in [5.41, 5.74) is 15.1. The Morgan fingerprint density at radius 1 is 1.27 bits per heavy atom. The number of nitrogens with two attached hydrogens (primary N) is 1. The van der Waals surface area contributed by atoms with Gasteiger partial charge in [0.05, 0.1) is 17.5 Å². The summed E-state index contributed by atoms with van der Waals surface area (Å²) in [6.45, 7) is 11.3. The van der Waals surface area contributed by atoms with Crippen LogP contribution in [0.1, 0.15) is 63.6 Å². The van der Waals surface area contributed by atoms with E-state index in [9.17, 15) is 4.79 Å². The van der Waals surface area contributed by atoms with Gasteiger partial charge in [-0.1, -0.05) is 44.5 Å². The fraction of sp³-hybridized carbons (Fsp3) is 0.462. The van der Waals surface area contributed by atoms with E-state index in [1.54, 1.807) is 0 Å². The lowest BCUT2D eigenvalue weighted by molar-refractivity contribution is -0.116. The molecule has 2 unspecified atom stereocenters. The van der Waals surface area contributed by atoms with Crippen LogP contribution >= 0.6 is 0 Å². The number of hydrogen-bond donors (Lipinski definition) is 2. The minimum atomic E-state index is -0.452. The number of carbonyl (C=O) groups excluding carboxylic acids is 1. The molecular formula is C26H35N3O. The summed E-state index contributed by atoms with van der Waals surface area (Å²) in [5.74, 6) is 0.227. The van der Waals surface area contributed by atoms with Gasteiger partial charge >= 0.3 is 0 Å². The Morgan fingerprint density at radius 3 is 2.73 bits per heavy atom. The number of nitrogens with zero attached hydrogens (tertiary/aromatic N) is 1. The predicted octanol–water partition coefficient (Wildman–Crippen LogP) is 4.92.